The molecule has 0 amide bonds. The van der Waals surface area contributed by atoms with E-state index in [1.807, 2.05) is 12.1 Å². The first-order valence-corrected chi connectivity index (χ1v) is 10.8. The molecule has 0 bridgehead atoms. The van der Waals surface area contributed by atoms with Crippen molar-refractivity contribution in [1.29, 1.82) is 0 Å². The highest BCUT2D eigenvalue weighted by molar-refractivity contribution is 5.33. The van der Waals surface area contributed by atoms with Gasteiger partial charge >= 0.3 is 0 Å². The molecule has 30 heavy (non-hydrogen) atoms. The lowest BCUT2D eigenvalue weighted by Gasteiger charge is -2.36. The van der Waals surface area contributed by atoms with Gasteiger partial charge in [-0.2, -0.15) is 0 Å². The summed E-state index contributed by atoms with van der Waals surface area (Å²) in [7, 11) is 0. The molecule has 2 aliphatic heterocycles. The van der Waals surface area contributed by atoms with Crippen molar-refractivity contribution in [2.24, 2.45) is 0 Å². The number of piperidine rings is 1. The zero-order valence-corrected chi connectivity index (χ0v) is 17.1. The topological polar surface area (TPSA) is 15.7 Å². The highest BCUT2D eigenvalue weighted by Gasteiger charge is 2.28. The van der Waals surface area contributed by atoms with Crippen LogP contribution >= 0.6 is 0 Å². The van der Waals surface area contributed by atoms with Gasteiger partial charge in [-0.3, -0.25) is 9.80 Å². The van der Waals surface area contributed by atoms with E-state index in [9.17, 15) is 4.39 Å². The minimum absolute atomic E-state index is 0.254. The molecule has 4 heteroatoms. The van der Waals surface area contributed by atoms with E-state index in [1.54, 1.807) is 12.1 Å². The van der Waals surface area contributed by atoms with Gasteiger partial charge in [0, 0.05) is 25.7 Å². The Morgan fingerprint density at radius 1 is 0.767 bits per heavy atom. The number of halogens is 1. The lowest BCUT2D eigenvalue weighted by Crippen LogP contribution is -2.42. The van der Waals surface area contributed by atoms with E-state index in [0.29, 0.717) is 11.8 Å². The van der Waals surface area contributed by atoms with Gasteiger partial charge in [-0.25, -0.2) is 4.39 Å². The van der Waals surface area contributed by atoms with Crippen molar-refractivity contribution in [2.45, 2.75) is 38.5 Å². The van der Waals surface area contributed by atoms with Crippen LogP contribution in [0.5, 0.6) is 11.5 Å². The molecular formula is C26H27FN2O. The Hall–Kier alpha value is -2.69. The van der Waals surface area contributed by atoms with Crippen LogP contribution in [0.4, 0.5) is 4.39 Å². The van der Waals surface area contributed by atoms with Crippen LogP contribution in [-0.4, -0.2) is 28.9 Å². The highest BCUT2D eigenvalue weighted by Crippen LogP contribution is 2.29. The predicted molar refractivity (Wildman–Crippen MR) is 117 cm³/mol. The monoisotopic (exact) mass is 402 g/mol. The second-order valence-corrected chi connectivity index (χ2v) is 8.38. The van der Waals surface area contributed by atoms with Gasteiger partial charge in [0.1, 0.15) is 17.3 Å². The highest BCUT2D eigenvalue weighted by atomic mass is 19.1. The number of hydrogen-bond donors (Lipinski definition) is 0. The Kier molecular flexibility index (Phi) is 5.52. The zero-order valence-electron chi connectivity index (χ0n) is 17.1. The van der Waals surface area contributed by atoms with Crippen LogP contribution in [0.25, 0.3) is 0 Å². The lowest BCUT2D eigenvalue weighted by molar-refractivity contribution is 0.103. The van der Waals surface area contributed by atoms with Crippen LogP contribution in [0.2, 0.25) is 0 Å². The van der Waals surface area contributed by atoms with Crippen molar-refractivity contribution in [3.63, 3.8) is 0 Å². The maximum absolute atomic E-state index is 13.0. The number of fused-ring (bicyclic) bond motifs is 1. The smallest absolute Gasteiger partial charge is 0.127 e. The quantitative estimate of drug-likeness (QED) is 0.553. The molecule has 0 unspecified atom stereocenters. The summed E-state index contributed by atoms with van der Waals surface area (Å²) in [4.78, 5) is 5.21. The van der Waals surface area contributed by atoms with Crippen molar-refractivity contribution in [3.05, 3.63) is 95.3 Å². The SMILES string of the molecule is Fc1ccc(Oc2ccc(CN3CCC(N4Cc5ccccc5C4)CC3)cc2)cc1. The molecule has 0 radical (unpaired) electrons. The summed E-state index contributed by atoms with van der Waals surface area (Å²) in [5, 5.41) is 0. The molecule has 0 saturated carbocycles. The molecule has 1 saturated heterocycles. The van der Waals surface area contributed by atoms with E-state index in [2.05, 4.69) is 46.2 Å². The molecule has 0 spiro atoms. The number of rotatable bonds is 5. The van der Waals surface area contributed by atoms with Gasteiger partial charge in [-0.05, 0) is 79.0 Å². The third kappa shape index (κ3) is 4.40. The van der Waals surface area contributed by atoms with Gasteiger partial charge in [0.25, 0.3) is 0 Å². The van der Waals surface area contributed by atoms with Crippen molar-refractivity contribution in [2.75, 3.05) is 13.1 Å². The summed E-state index contributed by atoms with van der Waals surface area (Å²) >= 11 is 0. The first-order valence-electron chi connectivity index (χ1n) is 10.8. The first-order chi connectivity index (χ1) is 14.7. The lowest BCUT2D eigenvalue weighted by atomic mass is 10.0. The molecule has 3 aromatic carbocycles. The fraction of sp³-hybridized carbons (Fsp3) is 0.308. The van der Waals surface area contributed by atoms with E-state index >= 15 is 0 Å². The van der Waals surface area contributed by atoms with Gasteiger partial charge in [-0.1, -0.05) is 36.4 Å². The zero-order chi connectivity index (χ0) is 20.3. The van der Waals surface area contributed by atoms with Crippen LogP contribution in [0, 0.1) is 5.82 Å². The molecule has 0 aliphatic carbocycles. The average Bonchev–Trinajstić information content (AvgIpc) is 3.22. The fourth-order valence-corrected chi connectivity index (χ4v) is 4.62. The summed E-state index contributed by atoms with van der Waals surface area (Å²) in [5.41, 5.74) is 4.30. The van der Waals surface area contributed by atoms with Crippen LogP contribution in [0.1, 0.15) is 29.5 Å². The molecule has 2 aliphatic rings. The Bertz CT molecular complexity index is 954. The van der Waals surface area contributed by atoms with Crippen molar-refractivity contribution >= 4 is 0 Å². The average molecular weight is 403 g/mol. The number of hydrogen-bond acceptors (Lipinski definition) is 3. The molecule has 1 fully saturated rings. The molecular weight excluding hydrogens is 375 g/mol. The number of likely N-dealkylation sites (tertiary alicyclic amines) is 1. The van der Waals surface area contributed by atoms with Crippen LogP contribution in [0.15, 0.2) is 72.8 Å². The summed E-state index contributed by atoms with van der Waals surface area (Å²) < 4.78 is 18.8. The summed E-state index contributed by atoms with van der Waals surface area (Å²) in [6, 6.07) is 23.9. The van der Waals surface area contributed by atoms with Gasteiger partial charge < -0.3 is 4.74 Å². The second kappa shape index (κ2) is 8.58. The molecule has 3 nitrogen and oxygen atoms in total. The maximum Gasteiger partial charge on any atom is 0.127 e. The van der Waals surface area contributed by atoms with Gasteiger partial charge in [0.05, 0.1) is 0 Å². The third-order valence-electron chi connectivity index (χ3n) is 6.32. The molecule has 154 valence electrons. The molecule has 2 heterocycles. The normalized spacial score (nSPS) is 17.8. The Morgan fingerprint density at radius 2 is 1.33 bits per heavy atom. The molecule has 0 aromatic heterocycles. The van der Waals surface area contributed by atoms with Gasteiger partial charge in [0.2, 0.25) is 0 Å². The number of ether oxygens (including phenoxy) is 1. The van der Waals surface area contributed by atoms with E-state index < -0.39 is 0 Å². The van der Waals surface area contributed by atoms with E-state index in [0.717, 1.165) is 38.5 Å². The van der Waals surface area contributed by atoms with Crippen molar-refractivity contribution in [3.8, 4) is 11.5 Å². The second-order valence-electron chi connectivity index (χ2n) is 8.38. The third-order valence-corrected chi connectivity index (χ3v) is 6.32. The van der Waals surface area contributed by atoms with Crippen LogP contribution in [0.3, 0.4) is 0 Å². The summed E-state index contributed by atoms with van der Waals surface area (Å²) in [6.45, 7) is 5.48. The Balaban J connectivity index is 1.11. The molecule has 0 atom stereocenters. The largest absolute Gasteiger partial charge is 0.457 e. The van der Waals surface area contributed by atoms with Gasteiger partial charge in [0.15, 0.2) is 0 Å². The Labute approximate surface area is 177 Å². The molecule has 5 rings (SSSR count). The van der Waals surface area contributed by atoms with Crippen molar-refractivity contribution in [1.82, 2.24) is 9.80 Å². The van der Waals surface area contributed by atoms with Crippen LogP contribution < -0.4 is 4.74 Å². The minimum Gasteiger partial charge on any atom is -0.457 e. The number of nitrogens with zero attached hydrogens (tertiary/aromatic N) is 2. The number of benzene rings is 3. The first kappa shape index (κ1) is 19.3. The van der Waals surface area contributed by atoms with Crippen LogP contribution in [-0.2, 0) is 19.6 Å². The van der Waals surface area contributed by atoms with E-state index in [4.69, 9.17) is 4.74 Å². The van der Waals surface area contributed by atoms with E-state index in [1.165, 1.54) is 41.7 Å². The minimum atomic E-state index is -0.254. The predicted octanol–water partition coefficient (Wildman–Crippen LogP) is 5.60. The standard InChI is InChI=1S/C26H27FN2O/c27-23-7-11-26(12-8-23)30-25-9-5-20(6-10-25)17-28-15-13-24(14-16-28)29-18-21-3-1-2-4-22(21)19-29/h1-12,24H,13-19H2. The van der Waals surface area contributed by atoms with Gasteiger partial charge in [-0.15, -0.1) is 0 Å². The summed E-state index contributed by atoms with van der Waals surface area (Å²) in [5.74, 6) is 1.17. The Morgan fingerprint density at radius 3 is 1.93 bits per heavy atom. The fourth-order valence-electron chi connectivity index (χ4n) is 4.62. The maximum atomic E-state index is 13.0. The van der Waals surface area contributed by atoms with E-state index in [-0.39, 0.29) is 5.82 Å². The molecule has 3 aromatic rings. The van der Waals surface area contributed by atoms with Crippen molar-refractivity contribution < 1.29 is 9.13 Å². The summed E-state index contributed by atoms with van der Waals surface area (Å²) in [6.07, 6.45) is 2.47. The molecule has 0 N–H and O–H groups in total.